The largest absolute Gasteiger partial charge is 0.494 e. The summed E-state index contributed by atoms with van der Waals surface area (Å²) in [6.45, 7) is 0.533. The van der Waals surface area contributed by atoms with Crippen LogP contribution in [0, 0.1) is 0 Å². The van der Waals surface area contributed by atoms with E-state index in [1.54, 1.807) is 0 Å². The molecule has 2 aromatic rings. The van der Waals surface area contributed by atoms with Crippen molar-refractivity contribution in [2.24, 2.45) is 0 Å². The Morgan fingerprint density at radius 3 is 1.97 bits per heavy atom. The van der Waals surface area contributed by atoms with Crippen LogP contribution in [0.4, 0.5) is 17.6 Å². The smallest absolute Gasteiger partial charge is 0.416 e. The van der Waals surface area contributed by atoms with Crippen molar-refractivity contribution in [3.63, 3.8) is 0 Å². The lowest BCUT2D eigenvalue weighted by Crippen LogP contribution is -2.05. The molecule has 30 heavy (non-hydrogen) atoms. The molecular weight excluding hydrogens is 471 g/mol. The van der Waals surface area contributed by atoms with Gasteiger partial charge in [-0.2, -0.15) is 17.6 Å². The van der Waals surface area contributed by atoms with Crippen LogP contribution in [0.2, 0.25) is 10.0 Å². The maximum atomic E-state index is 12.5. The van der Waals surface area contributed by atoms with Crippen LogP contribution in [0.15, 0.2) is 47.8 Å². The second kappa shape index (κ2) is 11.5. The highest BCUT2D eigenvalue weighted by molar-refractivity contribution is 6.37. The van der Waals surface area contributed by atoms with E-state index in [2.05, 4.69) is 0 Å². The molecule has 0 amide bonds. The molecule has 164 valence electrons. The van der Waals surface area contributed by atoms with Gasteiger partial charge in [0.15, 0.2) is 11.0 Å². The van der Waals surface area contributed by atoms with Gasteiger partial charge in [-0.1, -0.05) is 34.8 Å². The summed E-state index contributed by atoms with van der Waals surface area (Å²) in [5.41, 5.74) is -0.726. The maximum Gasteiger partial charge on any atom is 0.416 e. The van der Waals surface area contributed by atoms with E-state index < -0.39 is 17.0 Å². The van der Waals surface area contributed by atoms with E-state index in [0.29, 0.717) is 37.6 Å². The van der Waals surface area contributed by atoms with E-state index in [-0.39, 0.29) is 22.4 Å². The first kappa shape index (κ1) is 24.4. The van der Waals surface area contributed by atoms with Crippen LogP contribution >= 0.6 is 34.8 Å². The molecule has 0 atom stereocenters. The van der Waals surface area contributed by atoms with Gasteiger partial charge in [0.05, 0.1) is 28.8 Å². The van der Waals surface area contributed by atoms with Gasteiger partial charge in [0.2, 0.25) is 0 Å². The molecule has 0 aliphatic carbocycles. The van der Waals surface area contributed by atoms with Crippen LogP contribution in [0.3, 0.4) is 0 Å². The van der Waals surface area contributed by atoms with Crippen LogP contribution in [0.5, 0.6) is 17.2 Å². The summed E-state index contributed by atoms with van der Waals surface area (Å²) in [6, 6.07) is 7.46. The number of unbranched alkanes of at least 4 members (excludes halogenated alkanes) is 1. The normalized spacial score (nSPS) is 12.0. The van der Waals surface area contributed by atoms with Crippen molar-refractivity contribution in [3.8, 4) is 17.2 Å². The summed E-state index contributed by atoms with van der Waals surface area (Å²) in [5.74, 6) is 0.972. The van der Waals surface area contributed by atoms with Crippen LogP contribution in [-0.4, -0.2) is 19.8 Å². The number of halogens is 7. The van der Waals surface area contributed by atoms with Gasteiger partial charge in [0.25, 0.3) is 0 Å². The van der Waals surface area contributed by atoms with Gasteiger partial charge in [-0.15, -0.1) is 0 Å². The Kier molecular flexibility index (Phi) is 9.39. The summed E-state index contributed by atoms with van der Waals surface area (Å²) in [6.07, 6.45) is -2.12. The molecule has 0 fully saturated rings. The van der Waals surface area contributed by atoms with Crippen molar-refractivity contribution in [2.75, 3.05) is 19.8 Å². The highest BCUT2D eigenvalue weighted by atomic mass is 35.5. The van der Waals surface area contributed by atoms with Gasteiger partial charge in [-0.3, -0.25) is 0 Å². The number of benzene rings is 2. The lowest BCUT2D eigenvalue weighted by molar-refractivity contribution is -0.137. The minimum absolute atomic E-state index is 0.0822. The Bertz CT molecular complexity index is 828. The Labute approximate surface area is 186 Å². The van der Waals surface area contributed by atoms with Crippen molar-refractivity contribution in [2.45, 2.75) is 19.0 Å². The van der Waals surface area contributed by atoms with Gasteiger partial charge in [0.1, 0.15) is 18.1 Å². The molecule has 0 spiro atoms. The standard InChI is InChI=1S/C20H17Cl3F4O3/c21-16-11-15(29-10-7-18(23)24)12-17(22)19(16)30-9-2-1-8-28-14-5-3-13(4-6-14)20(25,26)27/h3-7,11-12H,1-2,8-10H2/b18-7+. The minimum atomic E-state index is -4.37. The molecule has 0 aliphatic rings. The van der Waals surface area contributed by atoms with Gasteiger partial charge in [-0.25, -0.2) is 0 Å². The highest BCUT2D eigenvalue weighted by Crippen LogP contribution is 2.37. The van der Waals surface area contributed by atoms with Gasteiger partial charge in [0, 0.05) is 18.2 Å². The van der Waals surface area contributed by atoms with E-state index in [1.165, 1.54) is 24.3 Å². The zero-order valence-corrected chi connectivity index (χ0v) is 17.7. The topological polar surface area (TPSA) is 27.7 Å². The number of alkyl halides is 3. The highest BCUT2D eigenvalue weighted by Gasteiger charge is 2.29. The van der Waals surface area contributed by atoms with Crippen molar-refractivity contribution in [1.82, 2.24) is 0 Å². The quantitative estimate of drug-likeness (QED) is 0.254. The summed E-state index contributed by atoms with van der Waals surface area (Å²) < 4.78 is 66.2. The average Bonchev–Trinajstić information content (AvgIpc) is 2.65. The molecule has 0 saturated carbocycles. The summed E-state index contributed by atoms with van der Waals surface area (Å²) >= 11 is 17.3. The molecule has 0 N–H and O–H groups in total. The molecule has 0 heterocycles. The van der Waals surface area contributed by atoms with E-state index in [1.807, 2.05) is 0 Å². The second-order valence-corrected chi connectivity index (χ2v) is 7.12. The number of hydrogen-bond donors (Lipinski definition) is 0. The Hall–Kier alpha value is -1.83. The fraction of sp³-hybridized carbons (Fsp3) is 0.300. The first-order chi connectivity index (χ1) is 14.2. The van der Waals surface area contributed by atoms with Gasteiger partial charge in [-0.05, 0) is 37.1 Å². The predicted octanol–water partition coefficient (Wildman–Crippen LogP) is 7.68. The Morgan fingerprint density at radius 1 is 0.867 bits per heavy atom. The van der Waals surface area contributed by atoms with Gasteiger partial charge < -0.3 is 14.2 Å². The first-order valence-electron chi connectivity index (χ1n) is 8.72. The molecular formula is C20H17Cl3F4O3. The Morgan fingerprint density at radius 2 is 1.43 bits per heavy atom. The first-order valence-corrected chi connectivity index (χ1v) is 9.86. The van der Waals surface area contributed by atoms with Gasteiger partial charge >= 0.3 is 6.18 Å². The molecule has 0 saturated heterocycles. The molecule has 0 aromatic heterocycles. The van der Waals surface area contributed by atoms with E-state index in [0.717, 1.165) is 18.2 Å². The zero-order chi connectivity index (χ0) is 22.1. The van der Waals surface area contributed by atoms with Crippen molar-refractivity contribution in [3.05, 3.63) is 63.4 Å². The number of rotatable bonds is 10. The Balaban J connectivity index is 1.73. The molecule has 0 unspecified atom stereocenters. The summed E-state index contributed by atoms with van der Waals surface area (Å²) in [5, 5.41) is -0.419. The molecule has 2 aromatic carbocycles. The van der Waals surface area contributed by atoms with Crippen LogP contribution in [0.25, 0.3) is 0 Å². The van der Waals surface area contributed by atoms with Crippen LogP contribution < -0.4 is 14.2 Å². The molecule has 0 bridgehead atoms. The number of hydrogen-bond acceptors (Lipinski definition) is 3. The van der Waals surface area contributed by atoms with Crippen molar-refractivity contribution in [1.29, 1.82) is 0 Å². The predicted molar refractivity (Wildman–Crippen MR) is 109 cm³/mol. The summed E-state index contributed by atoms with van der Waals surface area (Å²) in [7, 11) is 0. The third kappa shape index (κ3) is 8.13. The zero-order valence-electron chi connectivity index (χ0n) is 15.4. The molecule has 3 nitrogen and oxygen atoms in total. The maximum absolute atomic E-state index is 12.5. The number of ether oxygens (including phenoxy) is 3. The monoisotopic (exact) mass is 486 g/mol. The molecule has 0 aliphatic heterocycles. The third-order valence-corrected chi connectivity index (χ3v) is 4.41. The van der Waals surface area contributed by atoms with Crippen LogP contribution in [-0.2, 0) is 6.18 Å². The van der Waals surface area contributed by atoms with E-state index in [9.17, 15) is 17.6 Å². The van der Waals surface area contributed by atoms with Crippen LogP contribution in [0.1, 0.15) is 18.4 Å². The molecule has 0 radical (unpaired) electrons. The van der Waals surface area contributed by atoms with E-state index in [4.69, 9.17) is 49.0 Å². The third-order valence-electron chi connectivity index (χ3n) is 3.69. The van der Waals surface area contributed by atoms with E-state index >= 15 is 0 Å². The SMILES string of the molecule is F/C(Cl)=C/COc1cc(Cl)c(OCCCCOc2ccc(C(F)(F)F)cc2)c(Cl)c1. The average molecular weight is 488 g/mol. The van der Waals surface area contributed by atoms with Crippen molar-refractivity contribution >= 4 is 34.8 Å². The lowest BCUT2D eigenvalue weighted by atomic mass is 10.2. The molecule has 10 heteroatoms. The second-order valence-electron chi connectivity index (χ2n) is 5.95. The fourth-order valence-corrected chi connectivity index (χ4v) is 2.91. The molecule has 2 rings (SSSR count). The minimum Gasteiger partial charge on any atom is -0.494 e. The lowest BCUT2D eigenvalue weighted by Gasteiger charge is -2.12. The van der Waals surface area contributed by atoms with Crippen molar-refractivity contribution < 1.29 is 31.8 Å². The summed E-state index contributed by atoms with van der Waals surface area (Å²) in [4.78, 5) is 0. The fourth-order valence-electron chi connectivity index (χ4n) is 2.27.